The molecule has 0 aliphatic carbocycles. The van der Waals surface area contributed by atoms with Gasteiger partial charge in [0.1, 0.15) is 0 Å². The van der Waals surface area contributed by atoms with Crippen molar-refractivity contribution in [2.75, 3.05) is 5.73 Å². The number of benzene rings is 1. The molecule has 2 N–H and O–H groups in total. The fourth-order valence-corrected chi connectivity index (χ4v) is 1.81. The first-order valence-electron chi connectivity index (χ1n) is 4.18. The first-order chi connectivity index (χ1) is 7.16. The Morgan fingerprint density at radius 1 is 1.33 bits per heavy atom. The Balaban J connectivity index is 2.37. The van der Waals surface area contributed by atoms with Gasteiger partial charge in [-0.05, 0) is 12.1 Å². The second-order valence-corrected chi connectivity index (χ2v) is 3.79. The first-order valence-corrected chi connectivity index (χ1v) is 5.06. The predicted molar refractivity (Wildman–Crippen MR) is 57.4 cm³/mol. The van der Waals surface area contributed by atoms with Gasteiger partial charge in [0.25, 0.3) is 0 Å². The number of nitrogen functional groups attached to an aromatic ring is 1. The van der Waals surface area contributed by atoms with Gasteiger partial charge in [-0.15, -0.1) is 11.3 Å². The molecule has 2 rings (SSSR count). The van der Waals surface area contributed by atoms with Crippen LogP contribution in [0, 0.1) is 0 Å². The van der Waals surface area contributed by atoms with E-state index in [0.717, 1.165) is 16.9 Å². The van der Waals surface area contributed by atoms with Crippen molar-refractivity contribution in [2.45, 2.75) is 0 Å². The number of halogens is 1. The zero-order valence-corrected chi connectivity index (χ0v) is 8.42. The van der Waals surface area contributed by atoms with Gasteiger partial charge in [-0.2, -0.15) is 4.39 Å². The second kappa shape index (κ2) is 3.78. The van der Waals surface area contributed by atoms with Crippen molar-refractivity contribution < 1.29 is 9.18 Å². The van der Waals surface area contributed by atoms with Gasteiger partial charge in [0.05, 0.1) is 5.69 Å². The third-order valence-electron chi connectivity index (χ3n) is 1.88. The molecule has 1 aromatic heterocycles. The SMILES string of the molecule is Nc1ccc(-c2csc(C(=O)F)n2)cc1. The number of hydrogen-bond donors (Lipinski definition) is 1. The Kier molecular flexibility index (Phi) is 2.47. The smallest absolute Gasteiger partial charge is 0.360 e. The van der Waals surface area contributed by atoms with E-state index < -0.39 is 6.04 Å². The van der Waals surface area contributed by atoms with Gasteiger partial charge in [0, 0.05) is 16.6 Å². The molecule has 0 bridgehead atoms. The number of anilines is 1. The third kappa shape index (κ3) is 2.02. The van der Waals surface area contributed by atoms with E-state index in [2.05, 4.69) is 4.98 Å². The van der Waals surface area contributed by atoms with Crippen molar-refractivity contribution in [1.82, 2.24) is 4.98 Å². The number of thiazole rings is 1. The normalized spacial score (nSPS) is 10.2. The Labute approximate surface area is 89.4 Å². The van der Waals surface area contributed by atoms with Crippen LogP contribution < -0.4 is 5.73 Å². The average Bonchev–Trinajstić information content (AvgIpc) is 2.68. The van der Waals surface area contributed by atoms with Gasteiger partial charge in [-0.1, -0.05) is 12.1 Å². The molecule has 0 aliphatic rings. The van der Waals surface area contributed by atoms with Crippen LogP contribution in [-0.4, -0.2) is 11.0 Å². The number of nitrogens with two attached hydrogens (primary N) is 1. The molecular formula is C10H7FN2OS. The molecule has 3 nitrogen and oxygen atoms in total. The zero-order chi connectivity index (χ0) is 10.8. The standard InChI is InChI=1S/C10H7FN2OS/c11-9(14)10-13-8(5-15-10)6-1-3-7(12)4-2-6/h1-5H,12H2. The van der Waals surface area contributed by atoms with Crippen LogP contribution in [0.15, 0.2) is 29.6 Å². The van der Waals surface area contributed by atoms with Crippen LogP contribution in [0.3, 0.4) is 0 Å². The predicted octanol–water partition coefficient (Wildman–Crippen LogP) is 2.50. The van der Waals surface area contributed by atoms with Crippen molar-refractivity contribution >= 4 is 23.1 Å². The number of nitrogens with zero attached hydrogens (tertiary/aromatic N) is 1. The van der Waals surface area contributed by atoms with Crippen LogP contribution in [0.5, 0.6) is 0 Å². The molecule has 0 radical (unpaired) electrons. The fourth-order valence-electron chi connectivity index (χ4n) is 1.15. The quantitative estimate of drug-likeness (QED) is 0.627. The van der Waals surface area contributed by atoms with Gasteiger partial charge in [0.15, 0.2) is 5.01 Å². The summed E-state index contributed by atoms with van der Waals surface area (Å²) in [6.45, 7) is 0. The molecule has 1 heterocycles. The summed E-state index contributed by atoms with van der Waals surface area (Å²) in [5.41, 5.74) is 7.57. The fraction of sp³-hybridized carbons (Fsp3) is 0. The monoisotopic (exact) mass is 222 g/mol. The summed E-state index contributed by atoms with van der Waals surface area (Å²) >= 11 is 0.990. The Bertz CT molecular complexity index is 492. The molecule has 0 amide bonds. The summed E-state index contributed by atoms with van der Waals surface area (Å²) in [7, 11) is 0. The zero-order valence-electron chi connectivity index (χ0n) is 7.61. The highest BCUT2D eigenvalue weighted by molar-refractivity contribution is 7.11. The van der Waals surface area contributed by atoms with Gasteiger partial charge in [-0.25, -0.2) is 4.98 Å². The van der Waals surface area contributed by atoms with E-state index in [1.54, 1.807) is 29.6 Å². The number of rotatable bonds is 2. The largest absolute Gasteiger partial charge is 0.399 e. The third-order valence-corrected chi connectivity index (χ3v) is 2.69. The van der Waals surface area contributed by atoms with Crippen molar-refractivity contribution in [3.8, 4) is 11.3 Å². The van der Waals surface area contributed by atoms with Crippen LogP contribution in [0.25, 0.3) is 11.3 Å². The Hall–Kier alpha value is -1.75. The molecule has 0 aliphatic heterocycles. The minimum Gasteiger partial charge on any atom is -0.399 e. The van der Waals surface area contributed by atoms with E-state index in [0.29, 0.717) is 11.4 Å². The lowest BCUT2D eigenvalue weighted by Crippen LogP contribution is -1.88. The van der Waals surface area contributed by atoms with Gasteiger partial charge >= 0.3 is 6.04 Å². The highest BCUT2D eigenvalue weighted by Gasteiger charge is 2.10. The first kappa shape index (κ1) is 9.79. The van der Waals surface area contributed by atoms with Gasteiger partial charge in [0.2, 0.25) is 0 Å². The molecule has 0 fully saturated rings. The van der Waals surface area contributed by atoms with Crippen LogP contribution in [0.2, 0.25) is 0 Å². The number of carbonyl (C=O) groups excluding carboxylic acids is 1. The summed E-state index contributed by atoms with van der Waals surface area (Å²) < 4.78 is 12.3. The van der Waals surface area contributed by atoms with E-state index in [9.17, 15) is 9.18 Å². The lowest BCUT2D eigenvalue weighted by molar-refractivity contribution is 0.0835. The molecule has 0 spiro atoms. The van der Waals surface area contributed by atoms with Gasteiger partial charge < -0.3 is 5.73 Å². The summed E-state index contributed by atoms with van der Waals surface area (Å²) in [6.07, 6.45) is 0. The number of aromatic nitrogens is 1. The van der Waals surface area contributed by atoms with Crippen molar-refractivity contribution in [3.63, 3.8) is 0 Å². The molecule has 0 atom stereocenters. The molecule has 5 heteroatoms. The highest BCUT2D eigenvalue weighted by Crippen LogP contribution is 2.23. The van der Waals surface area contributed by atoms with Crippen LogP contribution in [-0.2, 0) is 0 Å². The molecule has 0 saturated carbocycles. The van der Waals surface area contributed by atoms with E-state index >= 15 is 0 Å². The molecule has 0 saturated heterocycles. The minimum absolute atomic E-state index is 0.123. The summed E-state index contributed by atoms with van der Waals surface area (Å²) in [4.78, 5) is 14.3. The lowest BCUT2D eigenvalue weighted by Gasteiger charge is -1.96. The van der Waals surface area contributed by atoms with E-state index in [1.165, 1.54) is 0 Å². The van der Waals surface area contributed by atoms with Crippen molar-refractivity contribution in [2.24, 2.45) is 0 Å². The number of carbonyl (C=O) groups is 1. The lowest BCUT2D eigenvalue weighted by atomic mass is 10.1. The van der Waals surface area contributed by atoms with Crippen LogP contribution in [0.4, 0.5) is 10.1 Å². The highest BCUT2D eigenvalue weighted by atomic mass is 32.1. The average molecular weight is 222 g/mol. The number of hydrogen-bond acceptors (Lipinski definition) is 4. The van der Waals surface area contributed by atoms with E-state index in [4.69, 9.17) is 5.73 Å². The maximum Gasteiger partial charge on any atom is 0.360 e. The van der Waals surface area contributed by atoms with Crippen LogP contribution in [0.1, 0.15) is 9.80 Å². The van der Waals surface area contributed by atoms with Gasteiger partial charge in [-0.3, -0.25) is 4.79 Å². The molecule has 1 aromatic carbocycles. The minimum atomic E-state index is -1.50. The van der Waals surface area contributed by atoms with Crippen molar-refractivity contribution in [3.05, 3.63) is 34.7 Å². The molecular weight excluding hydrogens is 215 g/mol. The maximum absolute atomic E-state index is 12.3. The Morgan fingerprint density at radius 2 is 2.00 bits per heavy atom. The molecule has 15 heavy (non-hydrogen) atoms. The van der Waals surface area contributed by atoms with E-state index in [1.807, 2.05) is 0 Å². The molecule has 76 valence electrons. The van der Waals surface area contributed by atoms with Crippen LogP contribution >= 0.6 is 11.3 Å². The molecule has 0 unspecified atom stereocenters. The summed E-state index contributed by atoms with van der Waals surface area (Å²) in [6, 6.07) is 5.51. The summed E-state index contributed by atoms with van der Waals surface area (Å²) in [5, 5.41) is 1.51. The maximum atomic E-state index is 12.3. The van der Waals surface area contributed by atoms with Crippen molar-refractivity contribution in [1.29, 1.82) is 0 Å². The Morgan fingerprint density at radius 3 is 2.53 bits per heavy atom. The second-order valence-electron chi connectivity index (χ2n) is 2.93. The molecule has 2 aromatic rings. The summed E-state index contributed by atoms with van der Waals surface area (Å²) in [5.74, 6) is 0. The van der Waals surface area contributed by atoms with E-state index in [-0.39, 0.29) is 5.01 Å². The topological polar surface area (TPSA) is 56.0 Å².